The Morgan fingerprint density at radius 1 is 0.358 bits per heavy atom. The van der Waals surface area contributed by atoms with E-state index < -0.39 is 0 Å². The Kier molecular flexibility index (Phi) is 38.7. The molecule has 0 spiro atoms. The fraction of sp³-hybridized carbons (Fsp3) is 0.941. The highest BCUT2D eigenvalue weighted by Crippen LogP contribution is 2.28. The Labute approximate surface area is 336 Å². The van der Waals surface area contributed by atoms with E-state index in [-0.39, 0.29) is 0 Å². The molecule has 1 rings (SSSR count). The van der Waals surface area contributed by atoms with E-state index in [1.165, 1.54) is 270 Å². The average molecular weight is 742 g/mol. The Morgan fingerprint density at radius 3 is 0.887 bits per heavy atom. The van der Waals surface area contributed by atoms with Gasteiger partial charge in [-0.3, -0.25) is 0 Å². The standard InChI is InChI=1S/C51H100N2/c1-5-8-11-14-17-20-23-25-26-27-28-31-34-37-40-43-46-50(45-42-39-36-33-30-24-21-18-15-12-9-6-2)51-52-47-48-53(51)49(4)44-41-38-35-32-29-22-19-16-13-10-7-3/h47-50H,5-46H2,1-4H3/p+1. The SMILES string of the molecule is CCCCCCCCCCCCCCCCCCC(CCCCCCCCCCCCCC)c1[nH]cc[n+]1C(C)CCCCCCCCCCCCC. The van der Waals surface area contributed by atoms with Crippen molar-refractivity contribution in [1.82, 2.24) is 4.98 Å². The highest BCUT2D eigenvalue weighted by molar-refractivity contribution is 4.90. The fourth-order valence-electron chi connectivity index (χ4n) is 8.90. The lowest BCUT2D eigenvalue weighted by Gasteiger charge is -2.17. The van der Waals surface area contributed by atoms with Gasteiger partial charge in [-0.15, -0.1) is 0 Å². The van der Waals surface area contributed by atoms with Crippen molar-refractivity contribution in [3.05, 3.63) is 18.2 Å². The summed E-state index contributed by atoms with van der Waals surface area (Å²) in [4.78, 5) is 3.79. The minimum atomic E-state index is 0.616. The molecule has 0 bridgehead atoms. The normalized spacial score (nSPS) is 12.9. The maximum atomic E-state index is 3.79. The molecule has 0 aliphatic carbocycles. The van der Waals surface area contributed by atoms with Gasteiger partial charge in [0.1, 0.15) is 12.4 Å². The molecule has 0 saturated carbocycles. The number of hydrogen-bond acceptors (Lipinski definition) is 0. The lowest BCUT2D eigenvalue weighted by Crippen LogP contribution is -2.41. The van der Waals surface area contributed by atoms with Crippen LogP contribution in [-0.2, 0) is 0 Å². The minimum absolute atomic E-state index is 0.616. The molecule has 2 unspecified atom stereocenters. The Balaban J connectivity index is 2.36. The van der Waals surface area contributed by atoms with Crippen molar-refractivity contribution in [1.29, 1.82) is 0 Å². The molecule has 0 aliphatic heterocycles. The summed E-state index contributed by atoms with van der Waals surface area (Å²) in [6, 6.07) is 0.616. The number of H-pyrrole nitrogens is 1. The third-order valence-corrected chi connectivity index (χ3v) is 12.6. The summed E-state index contributed by atoms with van der Waals surface area (Å²) in [5.74, 6) is 2.25. The molecule has 0 amide bonds. The molecule has 2 atom stereocenters. The highest BCUT2D eigenvalue weighted by atomic mass is 15.1. The highest BCUT2D eigenvalue weighted by Gasteiger charge is 2.25. The van der Waals surface area contributed by atoms with Crippen molar-refractivity contribution < 1.29 is 4.57 Å². The molecule has 53 heavy (non-hydrogen) atoms. The van der Waals surface area contributed by atoms with Crippen molar-refractivity contribution in [3.8, 4) is 0 Å². The second-order valence-electron chi connectivity index (χ2n) is 17.9. The summed E-state index contributed by atoms with van der Waals surface area (Å²) >= 11 is 0. The Hall–Kier alpha value is -0.790. The third-order valence-electron chi connectivity index (χ3n) is 12.6. The van der Waals surface area contributed by atoms with E-state index in [1.54, 1.807) is 5.82 Å². The predicted molar refractivity (Wildman–Crippen MR) is 239 cm³/mol. The third kappa shape index (κ3) is 32.0. The Bertz CT molecular complexity index is 813. The molecular weight excluding hydrogens is 641 g/mol. The first-order valence-electron chi connectivity index (χ1n) is 25.3. The first-order chi connectivity index (χ1) is 26.2. The molecule has 1 N–H and O–H groups in total. The Morgan fingerprint density at radius 2 is 0.604 bits per heavy atom. The minimum Gasteiger partial charge on any atom is -0.247 e. The summed E-state index contributed by atoms with van der Waals surface area (Å²) in [5, 5.41) is 0. The molecule has 0 radical (unpaired) electrons. The first-order valence-corrected chi connectivity index (χ1v) is 25.3. The predicted octanol–water partition coefficient (Wildman–Crippen LogP) is 18.4. The molecule has 1 aromatic heterocycles. The van der Waals surface area contributed by atoms with E-state index in [2.05, 4.69) is 49.6 Å². The lowest BCUT2D eigenvalue weighted by molar-refractivity contribution is -0.727. The maximum Gasteiger partial charge on any atom is 0.257 e. The smallest absolute Gasteiger partial charge is 0.247 e. The quantitative estimate of drug-likeness (QED) is 0.0507. The van der Waals surface area contributed by atoms with Gasteiger partial charge >= 0.3 is 0 Å². The van der Waals surface area contributed by atoms with Crippen LogP contribution in [0.25, 0.3) is 0 Å². The number of nitrogens with zero attached hydrogens (tertiary/aromatic N) is 1. The number of unbranched alkanes of at least 4 members (excludes halogenated alkanes) is 36. The van der Waals surface area contributed by atoms with Crippen LogP contribution in [0.2, 0.25) is 0 Å². The van der Waals surface area contributed by atoms with E-state index in [0.29, 0.717) is 12.0 Å². The molecule has 0 saturated heterocycles. The van der Waals surface area contributed by atoms with Crippen LogP contribution >= 0.6 is 0 Å². The van der Waals surface area contributed by atoms with E-state index in [0.717, 1.165) is 0 Å². The van der Waals surface area contributed by atoms with Crippen molar-refractivity contribution >= 4 is 0 Å². The molecule has 2 nitrogen and oxygen atoms in total. The van der Waals surface area contributed by atoms with Crippen LogP contribution in [0.4, 0.5) is 0 Å². The van der Waals surface area contributed by atoms with Gasteiger partial charge in [-0.25, -0.2) is 9.55 Å². The van der Waals surface area contributed by atoms with Crippen LogP contribution in [0.5, 0.6) is 0 Å². The zero-order chi connectivity index (χ0) is 38.1. The molecule has 2 heteroatoms. The van der Waals surface area contributed by atoms with Gasteiger partial charge in [0.2, 0.25) is 0 Å². The average Bonchev–Trinajstić information content (AvgIpc) is 3.66. The molecule has 0 aromatic carbocycles. The zero-order valence-corrected chi connectivity index (χ0v) is 37.5. The number of aromatic amines is 1. The largest absolute Gasteiger partial charge is 0.257 e. The van der Waals surface area contributed by atoms with Crippen molar-refractivity contribution in [2.24, 2.45) is 0 Å². The monoisotopic (exact) mass is 742 g/mol. The number of hydrogen-bond donors (Lipinski definition) is 1. The molecule has 1 aromatic rings. The summed E-state index contributed by atoms with van der Waals surface area (Å²) in [6.45, 7) is 9.44. The number of rotatable bonds is 44. The molecular formula is C51H101N2+. The van der Waals surface area contributed by atoms with E-state index in [4.69, 9.17) is 0 Å². The summed E-state index contributed by atoms with van der Waals surface area (Å²) < 4.78 is 2.66. The van der Waals surface area contributed by atoms with Gasteiger partial charge in [0.05, 0.1) is 12.0 Å². The van der Waals surface area contributed by atoms with Crippen LogP contribution in [-0.4, -0.2) is 4.98 Å². The van der Waals surface area contributed by atoms with Crippen LogP contribution in [0.1, 0.15) is 315 Å². The second kappa shape index (κ2) is 40.9. The van der Waals surface area contributed by atoms with Crippen molar-refractivity contribution in [2.45, 2.75) is 309 Å². The molecule has 314 valence electrons. The summed E-state index contributed by atoms with van der Waals surface area (Å²) in [6.07, 6.45) is 65.1. The van der Waals surface area contributed by atoms with Crippen LogP contribution in [0.15, 0.2) is 12.4 Å². The summed E-state index contributed by atoms with van der Waals surface area (Å²) in [7, 11) is 0. The summed E-state index contributed by atoms with van der Waals surface area (Å²) in [5.41, 5.74) is 0. The molecule has 0 fully saturated rings. The van der Waals surface area contributed by atoms with Crippen LogP contribution < -0.4 is 4.57 Å². The van der Waals surface area contributed by atoms with Gasteiger partial charge in [0.15, 0.2) is 0 Å². The fourth-order valence-corrected chi connectivity index (χ4v) is 8.90. The number of nitrogens with one attached hydrogen (secondary N) is 1. The van der Waals surface area contributed by atoms with Crippen LogP contribution in [0.3, 0.4) is 0 Å². The number of aromatic nitrogens is 2. The lowest BCUT2D eigenvalue weighted by atomic mass is 9.92. The van der Waals surface area contributed by atoms with Gasteiger partial charge in [-0.05, 0) is 32.6 Å². The molecule has 0 aliphatic rings. The zero-order valence-electron chi connectivity index (χ0n) is 37.5. The molecule has 1 heterocycles. The van der Waals surface area contributed by atoms with E-state index in [9.17, 15) is 0 Å². The van der Waals surface area contributed by atoms with Crippen molar-refractivity contribution in [3.63, 3.8) is 0 Å². The second-order valence-corrected chi connectivity index (χ2v) is 17.9. The van der Waals surface area contributed by atoms with E-state index >= 15 is 0 Å². The van der Waals surface area contributed by atoms with E-state index in [1.807, 2.05) is 0 Å². The van der Waals surface area contributed by atoms with Gasteiger partial charge in [0.25, 0.3) is 5.82 Å². The van der Waals surface area contributed by atoms with Gasteiger partial charge in [-0.2, -0.15) is 0 Å². The van der Waals surface area contributed by atoms with Crippen LogP contribution in [0, 0.1) is 0 Å². The maximum absolute atomic E-state index is 3.79. The van der Waals surface area contributed by atoms with Gasteiger partial charge in [-0.1, -0.05) is 265 Å². The topological polar surface area (TPSA) is 19.7 Å². The van der Waals surface area contributed by atoms with Crippen molar-refractivity contribution in [2.75, 3.05) is 0 Å². The first kappa shape index (κ1) is 50.2. The van der Waals surface area contributed by atoms with Gasteiger partial charge < -0.3 is 0 Å². The van der Waals surface area contributed by atoms with Gasteiger partial charge in [0, 0.05) is 0 Å². The number of imidazole rings is 1.